The first-order valence-electron chi connectivity index (χ1n) is 12.5. The van der Waals surface area contributed by atoms with Crippen molar-refractivity contribution in [3.8, 4) is 0 Å². The molecule has 0 aliphatic heterocycles. The maximum Gasteiger partial charge on any atom is 0.305 e. The molecule has 1 N–H and O–H groups in total. The van der Waals surface area contributed by atoms with E-state index < -0.39 is 0 Å². The Morgan fingerprint density at radius 3 is 1.34 bits per heavy atom. The summed E-state index contributed by atoms with van der Waals surface area (Å²) < 4.78 is 31.7. The van der Waals surface area contributed by atoms with Crippen molar-refractivity contribution in [2.24, 2.45) is 0 Å². The second kappa shape index (κ2) is 28.3. The molecule has 0 radical (unpaired) electrons. The van der Waals surface area contributed by atoms with Gasteiger partial charge in [-0.15, -0.1) is 0 Å². The minimum atomic E-state index is -0.133. The Balaban J connectivity index is 3.12. The van der Waals surface area contributed by atoms with Crippen molar-refractivity contribution in [3.63, 3.8) is 0 Å². The van der Waals surface area contributed by atoms with Crippen LogP contribution in [0.25, 0.3) is 0 Å². The molecule has 32 heavy (non-hydrogen) atoms. The first kappa shape index (κ1) is 31.2. The molecule has 0 spiro atoms. The summed E-state index contributed by atoms with van der Waals surface area (Å²) in [4.78, 5) is 11.7. The molecule has 8 heteroatoms. The fourth-order valence-electron chi connectivity index (χ4n) is 2.91. The number of unbranched alkanes of at least 4 members (excludes halogenated alkanes) is 8. The number of esters is 1. The summed E-state index contributed by atoms with van der Waals surface area (Å²) in [6.07, 6.45) is 11.7. The zero-order valence-electron chi connectivity index (χ0n) is 20.4. The number of hydrogen-bond donors (Lipinski definition) is 1. The Bertz CT molecular complexity index is 368. The van der Waals surface area contributed by atoms with E-state index in [-0.39, 0.29) is 12.6 Å². The summed E-state index contributed by atoms with van der Waals surface area (Å²) in [7, 11) is 0. The van der Waals surface area contributed by atoms with E-state index >= 15 is 0 Å². The molecule has 0 bridgehead atoms. The number of rotatable bonds is 27. The van der Waals surface area contributed by atoms with E-state index in [1.807, 2.05) is 0 Å². The molecule has 0 fully saturated rings. The van der Waals surface area contributed by atoms with E-state index in [1.54, 1.807) is 0 Å². The topological polar surface area (TPSA) is 92.7 Å². The summed E-state index contributed by atoms with van der Waals surface area (Å²) in [5.74, 6) is -0.133. The first-order chi connectivity index (χ1) is 15.8. The average molecular weight is 465 g/mol. The molecule has 0 saturated carbocycles. The van der Waals surface area contributed by atoms with Crippen molar-refractivity contribution in [1.82, 2.24) is 0 Å². The minimum absolute atomic E-state index is 0.0288. The van der Waals surface area contributed by atoms with E-state index in [1.165, 1.54) is 44.9 Å². The van der Waals surface area contributed by atoms with Crippen LogP contribution in [0.5, 0.6) is 0 Å². The van der Waals surface area contributed by atoms with Crippen LogP contribution in [0.4, 0.5) is 0 Å². The summed E-state index contributed by atoms with van der Waals surface area (Å²) in [6.45, 7) is 7.21. The number of aliphatic hydroxyl groups is 1. The van der Waals surface area contributed by atoms with Crippen molar-refractivity contribution >= 4 is 5.97 Å². The summed E-state index contributed by atoms with van der Waals surface area (Å²) in [5, 5.41) is 8.55. The van der Waals surface area contributed by atoms with Crippen molar-refractivity contribution < 1.29 is 38.3 Å². The molecule has 0 aliphatic rings. The fraction of sp³-hybridized carbons (Fsp3) is 0.958. The van der Waals surface area contributed by atoms with Gasteiger partial charge in [0.1, 0.15) is 6.61 Å². The molecule has 0 aromatic heterocycles. The predicted octanol–water partition coefficient (Wildman–Crippen LogP) is 3.53. The van der Waals surface area contributed by atoms with Crippen LogP contribution in [0.15, 0.2) is 0 Å². The molecule has 192 valence electrons. The number of aliphatic hydroxyl groups excluding tert-OH is 1. The lowest BCUT2D eigenvalue weighted by atomic mass is 10.1. The molecule has 0 aliphatic carbocycles. The van der Waals surface area contributed by atoms with Gasteiger partial charge in [0, 0.05) is 6.42 Å². The summed E-state index contributed by atoms with van der Waals surface area (Å²) in [5.41, 5.74) is 0. The lowest BCUT2D eigenvalue weighted by Gasteiger charge is -2.08. The van der Waals surface area contributed by atoms with Gasteiger partial charge >= 0.3 is 5.97 Å². The third-order valence-electron chi connectivity index (χ3n) is 4.70. The Morgan fingerprint density at radius 2 is 0.906 bits per heavy atom. The summed E-state index contributed by atoms with van der Waals surface area (Å²) in [6, 6.07) is 0. The van der Waals surface area contributed by atoms with Crippen LogP contribution in [0.1, 0.15) is 71.1 Å². The minimum Gasteiger partial charge on any atom is -0.463 e. The third kappa shape index (κ3) is 27.3. The molecule has 0 amide bonds. The van der Waals surface area contributed by atoms with Gasteiger partial charge in [-0.25, -0.2) is 0 Å². The normalized spacial score (nSPS) is 11.2. The van der Waals surface area contributed by atoms with Crippen LogP contribution in [0.2, 0.25) is 0 Å². The van der Waals surface area contributed by atoms with E-state index in [0.717, 1.165) is 12.8 Å². The molecule has 0 heterocycles. The van der Waals surface area contributed by atoms with Gasteiger partial charge in [-0.2, -0.15) is 0 Å². The van der Waals surface area contributed by atoms with E-state index in [2.05, 4.69) is 6.92 Å². The Kier molecular flexibility index (Phi) is 27.6. The highest BCUT2D eigenvalue weighted by molar-refractivity contribution is 5.69. The van der Waals surface area contributed by atoms with Crippen LogP contribution in [0.3, 0.4) is 0 Å². The summed E-state index contributed by atoms with van der Waals surface area (Å²) >= 11 is 0. The monoisotopic (exact) mass is 464 g/mol. The molecular formula is C24H48O8. The zero-order valence-corrected chi connectivity index (χ0v) is 20.4. The third-order valence-corrected chi connectivity index (χ3v) is 4.70. The smallest absolute Gasteiger partial charge is 0.305 e. The molecule has 0 unspecified atom stereocenters. The quantitative estimate of drug-likeness (QED) is 0.146. The highest BCUT2D eigenvalue weighted by Gasteiger charge is 2.02. The average Bonchev–Trinajstić information content (AvgIpc) is 2.80. The van der Waals surface area contributed by atoms with Gasteiger partial charge in [0.05, 0.1) is 72.7 Å². The standard InChI is InChI=1S/C24H48O8/c1-2-3-4-5-6-7-8-9-10-11-24(26)32-23-22-31-21-20-30-19-18-29-17-16-28-15-14-27-13-12-25/h25H,2-23H2,1H3. The molecular weight excluding hydrogens is 416 g/mol. The Labute approximate surface area is 195 Å². The lowest BCUT2D eigenvalue weighted by molar-refractivity contribution is -0.145. The molecule has 0 saturated heterocycles. The number of carbonyl (C=O) groups is 1. The second-order valence-electron chi connectivity index (χ2n) is 7.58. The van der Waals surface area contributed by atoms with Crippen LogP contribution < -0.4 is 0 Å². The fourth-order valence-corrected chi connectivity index (χ4v) is 2.91. The van der Waals surface area contributed by atoms with Gasteiger partial charge in [-0.05, 0) is 6.42 Å². The molecule has 0 aromatic rings. The lowest BCUT2D eigenvalue weighted by Crippen LogP contribution is -2.15. The highest BCUT2D eigenvalue weighted by atomic mass is 16.6. The van der Waals surface area contributed by atoms with Crippen molar-refractivity contribution in [3.05, 3.63) is 0 Å². The van der Waals surface area contributed by atoms with Crippen molar-refractivity contribution in [2.75, 3.05) is 79.3 Å². The number of ether oxygens (including phenoxy) is 6. The predicted molar refractivity (Wildman–Crippen MR) is 124 cm³/mol. The maximum atomic E-state index is 11.7. The Hall–Kier alpha value is -0.770. The van der Waals surface area contributed by atoms with Gasteiger partial charge in [0.2, 0.25) is 0 Å². The van der Waals surface area contributed by atoms with Crippen LogP contribution in [0, 0.1) is 0 Å². The second-order valence-corrected chi connectivity index (χ2v) is 7.58. The first-order valence-corrected chi connectivity index (χ1v) is 12.5. The van der Waals surface area contributed by atoms with Crippen molar-refractivity contribution in [2.45, 2.75) is 71.1 Å². The molecule has 0 rings (SSSR count). The number of carbonyl (C=O) groups excluding carboxylic acids is 1. The Morgan fingerprint density at radius 1 is 0.531 bits per heavy atom. The largest absolute Gasteiger partial charge is 0.463 e. The molecule has 8 nitrogen and oxygen atoms in total. The van der Waals surface area contributed by atoms with E-state index in [9.17, 15) is 4.79 Å². The van der Waals surface area contributed by atoms with Gasteiger partial charge in [0.25, 0.3) is 0 Å². The SMILES string of the molecule is CCCCCCCCCCCC(=O)OCCOCCOCCOCCOCCOCCO. The van der Waals surface area contributed by atoms with Gasteiger partial charge in [0.15, 0.2) is 0 Å². The zero-order chi connectivity index (χ0) is 23.4. The molecule has 0 aromatic carbocycles. The van der Waals surface area contributed by atoms with Gasteiger partial charge in [-0.3, -0.25) is 4.79 Å². The van der Waals surface area contributed by atoms with Gasteiger partial charge < -0.3 is 33.5 Å². The number of hydrogen-bond acceptors (Lipinski definition) is 8. The van der Waals surface area contributed by atoms with E-state index in [0.29, 0.717) is 79.1 Å². The highest BCUT2D eigenvalue weighted by Crippen LogP contribution is 2.10. The van der Waals surface area contributed by atoms with Crippen LogP contribution in [-0.4, -0.2) is 90.4 Å². The van der Waals surface area contributed by atoms with Crippen LogP contribution in [-0.2, 0) is 33.2 Å². The molecule has 0 atom stereocenters. The van der Waals surface area contributed by atoms with Gasteiger partial charge in [-0.1, -0.05) is 58.3 Å². The van der Waals surface area contributed by atoms with E-state index in [4.69, 9.17) is 33.5 Å². The maximum absolute atomic E-state index is 11.7. The van der Waals surface area contributed by atoms with Crippen molar-refractivity contribution in [1.29, 1.82) is 0 Å². The van der Waals surface area contributed by atoms with Crippen LogP contribution >= 0.6 is 0 Å².